The minimum atomic E-state index is -0.659. The first-order valence-electron chi connectivity index (χ1n) is 6.61. The van der Waals surface area contributed by atoms with Crippen LogP contribution in [0.2, 0.25) is 0 Å². The molecule has 1 aromatic rings. The van der Waals surface area contributed by atoms with E-state index in [1.807, 2.05) is 30.9 Å². The van der Waals surface area contributed by atoms with Gasteiger partial charge in [-0.1, -0.05) is 6.07 Å². The maximum atomic E-state index is 11.2. The van der Waals surface area contributed by atoms with Gasteiger partial charge < -0.3 is 10.0 Å². The van der Waals surface area contributed by atoms with E-state index in [0.717, 1.165) is 24.9 Å². The fraction of sp³-hybridized carbons (Fsp3) is 0.571. The van der Waals surface area contributed by atoms with E-state index in [4.69, 9.17) is 0 Å². The molecule has 0 radical (unpaired) electrons. The summed E-state index contributed by atoms with van der Waals surface area (Å²) in [4.78, 5) is 12.8. The van der Waals surface area contributed by atoms with Crippen LogP contribution >= 0.6 is 0 Å². The van der Waals surface area contributed by atoms with Crippen molar-refractivity contribution in [2.45, 2.75) is 38.7 Å². The fourth-order valence-corrected chi connectivity index (χ4v) is 2.55. The minimum absolute atomic E-state index is 0.154. The minimum Gasteiger partial charge on any atom is -0.390 e. The van der Waals surface area contributed by atoms with Gasteiger partial charge in [0.2, 0.25) is 0 Å². The van der Waals surface area contributed by atoms with E-state index in [-0.39, 0.29) is 10.6 Å². The normalized spacial score (nSPS) is 24.1. The number of rotatable bonds is 2. The summed E-state index contributed by atoms with van der Waals surface area (Å²) >= 11 is 0. The van der Waals surface area contributed by atoms with E-state index in [1.54, 1.807) is 6.07 Å². The van der Waals surface area contributed by atoms with E-state index in [2.05, 4.69) is 0 Å². The standard InChI is InChI=1S/C14H20N2O3/c1-11-4-5-12(13(10-11)16(18)19)15-8-3-6-14(2,17)7-9-15/h4-5,10,17H,3,6-9H2,1-2H3. The average Bonchev–Trinajstić information content (AvgIpc) is 2.50. The molecule has 1 unspecified atom stereocenters. The molecule has 0 bridgehead atoms. The second-order valence-corrected chi connectivity index (χ2v) is 5.59. The highest BCUT2D eigenvalue weighted by atomic mass is 16.6. The quantitative estimate of drug-likeness (QED) is 0.658. The lowest BCUT2D eigenvalue weighted by Gasteiger charge is -2.24. The average molecular weight is 264 g/mol. The predicted octanol–water partition coefficient (Wildman–Crippen LogP) is 2.64. The molecular weight excluding hydrogens is 244 g/mol. The maximum Gasteiger partial charge on any atom is 0.292 e. The third-order valence-electron chi connectivity index (χ3n) is 3.73. The third-order valence-corrected chi connectivity index (χ3v) is 3.73. The number of hydrogen-bond acceptors (Lipinski definition) is 4. The zero-order chi connectivity index (χ0) is 14.0. The smallest absolute Gasteiger partial charge is 0.292 e. The number of nitro benzene ring substituents is 1. The van der Waals surface area contributed by atoms with E-state index < -0.39 is 5.60 Å². The highest BCUT2D eigenvalue weighted by Gasteiger charge is 2.27. The van der Waals surface area contributed by atoms with E-state index in [9.17, 15) is 15.2 Å². The molecule has 0 saturated carbocycles. The molecule has 0 spiro atoms. The van der Waals surface area contributed by atoms with Crippen molar-refractivity contribution in [1.29, 1.82) is 0 Å². The van der Waals surface area contributed by atoms with E-state index in [0.29, 0.717) is 18.7 Å². The van der Waals surface area contributed by atoms with Gasteiger partial charge in [-0.05, 0) is 44.7 Å². The molecule has 5 heteroatoms. The number of anilines is 1. The van der Waals surface area contributed by atoms with Gasteiger partial charge >= 0.3 is 0 Å². The van der Waals surface area contributed by atoms with Crippen LogP contribution in [-0.2, 0) is 0 Å². The Kier molecular flexibility index (Phi) is 3.75. The molecule has 1 heterocycles. The Morgan fingerprint density at radius 1 is 1.37 bits per heavy atom. The maximum absolute atomic E-state index is 11.2. The number of benzene rings is 1. The molecule has 0 aliphatic carbocycles. The van der Waals surface area contributed by atoms with Crippen LogP contribution in [0.3, 0.4) is 0 Å². The van der Waals surface area contributed by atoms with Crippen molar-refractivity contribution < 1.29 is 10.0 Å². The lowest BCUT2D eigenvalue weighted by Crippen LogP contribution is -2.28. The molecule has 1 atom stereocenters. The molecular formula is C14H20N2O3. The molecule has 5 nitrogen and oxygen atoms in total. The Hall–Kier alpha value is -1.62. The molecule has 1 fully saturated rings. The Morgan fingerprint density at radius 3 is 2.79 bits per heavy atom. The molecule has 1 saturated heterocycles. The van der Waals surface area contributed by atoms with E-state index >= 15 is 0 Å². The highest BCUT2D eigenvalue weighted by molar-refractivity contribution is 5.64. The predicted molar refractivity (Wildman–Crippen MR) is 74.5 cm³/mol. The van der Waals surface area contributed by atoms with Crippen LogP contribution in [0.1, 0.15) is 31.7 Å². The van der Waals surface area contributed by atoms with Crippen molar-refractivity contribution in [3.05, 3.63) is 33.9 Å². The SMILES string of the molecule is Cc1ccc(N2CCCC(C)(O)CC2)c([N+](=O)[O-])c1. The molecule has 104 valence electrons. The van der Waals surface area contributed by atoms with Crippen molar-refractivity contribution in [3.63, 3.8) is 0 Å². The second-order valence-electron chi connectivity index (χ2n) is 5.59. The van der Waals surface area contributed by atoms with Gasteiger partial charge in [-0.3, -0.25) is 10.1 Å². The van der Waals surface area contributed by atoms with Crippen molar-refractivity contribution in [2.75, 3.05) is 18.0 Å². The van der Waals surface area contributed by atoms with Crippen molar-refractivity contribution >= 4 is 11.4 Å². The Labute approximate surface area is 113 Å². The molecule has 1 aliphatic rings. The zero-order valence-electron chi connectivity index (χ0n) is 11.4. The Bertz CT molecular complexity index is 486. The van der Waals surface area contributed by atoms with Crippen LogP contribution in [0.25, 0.3) is 0 Å². The van der Waals surface area contributed by atoms with Crippen LogP contribution < -0.4 is 4.90 Å². The monoisotopic (exact) mass is 264 g/mol. The first-order chi connectivity index (χ1) is 8.89. The third kappa shape index (κ3) is 3.23. The first kappa shape index (κ1) is 13.8. The van der Waals surface area contributed by atoms with Crippen molar-refractivity contribution in [1.82, 2.24) is 0 Å². The van der Waals surface area contributed by atoms with Crippen LogP contribution in [0, 0.1) is 17.0 Å². The number of nitrogens with zero attached hydrogens (tertiary/aromatic N) is 2. The van der Waals surface area contributed by atoms with Gasteiger partial charge in [-0.2, -0.15) is 0 Å². The van der Waals surface area contributed by atoms with Crippen molar-refractivity contribution in [3.8, 4) is 0 Å². The van der Waals surface area contributed by atoms with Crippen LogP contribution in [0.4, 0.5) is 11.4 Å². The van der Waals surface area contributed by atoms with Gasteiger partial charge in [-0.25, -0.2) is 0 Å². The molecule has 0 amide bonds. The lowest BCUT2D eigenvalue weighted by molar-refractivity contribution is -0.384. The summed E-state index contributed by atoms with van der Waals surface area (Å²) in [6.45, 7) is 5.08. The van der Waals surface area contributed by atoms with Crippen LogP contribution in [0.5, 0.6) is 0 Å². The summed E-state index contributed by atoms with van der Waals surface area (Å²) in [5.74, 6) is 0. The van der Waals surface area contributed by atoms with Crippen LogP contribution in [-0.4, -0.2) is 28.7 Å². The highest BCUT2D eigenvalue weighted by Crippen LogP contribution is 2.32. The Balaban J connectivity index is 2.29. The summed E-state index contributed by atoms with van der Waals surface area (Å²) in [6, 6.07) is 5.32. The summed E-state index contributed by atoms with van der Waals surface area (Å²) in [5.41, 5.74) is 1.04. The van der Waals surface area contributed by atoms with Gasteiger partial charge in [0.25, 0.3) is 5.69 Å². The zero-order valence-corrected chi connectivity index (χ0v) is 11.4. The second kappa shape index (κ2) is 5.17. The summed E-state index contributed by atoms with van der Waals surface area (Å²) in [5, 5.41) is 21.2. The number of nitro groups is 1. The van der Waals surface area contributed by atoms with Gasteiger partial charge in [0.15, 0.2) is 0 Å². The molecule has 2 rings (SSSR count). The van der Waals surface area contributed by atoms with Crippen LogP contribution in [0.15, 0.2) is 18.2 Å². The summed E-state index contributed by atoms with van der Waals surface area (Å²) in [6.07, 6.45) is 2.22. The van der Waals surface area contributed by atoms with Gasteiger partial charge in [0.05, 0.1) is 10.5 Å². The fourth-order valence-electron chi connectivity index (χ4n) is 2.55. The largest absolute Gasteiger partial charge is 0.390 e. The summed E-state index contributed by atoms with van der Waals surface area (Å²) in [7, 11) is 0. The number of hydrogen-bond donors (Lipinski definition) is 1. The molecule has 19 heavy (non-hydrogen) atoms. The summed E-state index contributed by atoms with van der Waals surface area (Å²) < 4.78 is 0. The lowest BCUT2D eigenvalue weighted by atomic mass is 9.98. The topological polar surface area (TPSA) is 66.6 Å². The first-order valence-corrected chi connectivity index (χ1v) is 6.61. The van der Waals surface area contributed by atoms with Gasteiger partial charge in [-0.15, -0.1) is 0 Å². The van der Waals surface area contributed by atoms with Gasteiger partial charge in [0, 0.05) is 19.2 Å². The number of aryl methyl sites for hydroxylation is 1. The molecule has 1 aromatic carbocycles. The molecule has 1 N–H and O–H groups in total. The Morgan fingerprint density at radius 2 is 2.11 bits per heavy atom. The molecule has 0 aromatic heterocycles. The van der Waals surface area contributed by atoms with Gasteiger partial charge in [0.1, 0.15) is 5.69 Å². The van der Waals surface area contributed by atoms with Crippen molar-refractivity contribution in [2.24, 2.45) is 0 Å². The number of aliphatic hydroxyl groups is 1. The van der Waals surface area contributed by atoms with E-state index in [1.165, 1.54) is 0 Å². The molecule has 1 aliphatic heterocycles.